The van der Waals surface area contributed by atoms with E-state index in [1.54, 1.807) is 6.92 Å². The summed E-state index contributed by atoms with van der Waals surface area (Å²) in [6, 6.07) is 12.0. The van der Waals surface area contributed by atoms with Gasteiger partial charge in [0.15, 0.2) is 10.8 Å². The smallest absolute Gasteiger partial charge is 0.262 e. The van der Waals surface area contributed by atoms with Crippen molar-refractivity contribution in [2.75, 3.05) is 5.32 Å². The Morgan fingerprint density at radius 1 is 1.20 bits per heavy atom. The van der Waals surface area contributed by atoms with E-state index in [9.17, 15) is 18.4 Å². The van der Waals surface area contributed by atoms with Crippen molar-refractivity contribution in [2.45, 2.75) is 17.3 Å². The molecule has 0 saturated carbocycles. The Bertz CT molecular complexity index is 1290. The number of halogens is 2. The molecule has 2 aromatic carbocycles. The van der Waals surface area contributed by atoms with E-state index in [0.29, 0.717) is 11.0 Å². The van der Waals surface area contributed by atoms with Gasteiger partial charge in [0.2, 0.25) is 5.91 Å². The van der Waals surface area contributed by atoms with Gasteiger partial charge in [-0.2, -0.15) is 5.10 Å². The first-order valence-electron chi connectivity index (χ1n) is 8.88. The average molecular weight is 427 g/mol. The molecule has 30 heavy (non-hydrogen) atoms. The summed E-state index contributed by atoms with van der Waals surface area (Å²) < 4.78 is 28.6. The quantitative estimate of drug-likeness (QED) is 0.376. The number of nitrogens with one attached hydrogen (secondary N) is 2. The van der Waals surface area contributed by atoms with Crippen molar-refractivity contribution in [1.29, 1.82) is 0 Å². The van der Waals surface area contributed by atoms with Crippen LogP contribution >= 0.6 is 11.8 Å². The van der Waals surface area contributed by atoms with E-state index >= 15 is 0 Å². The van der Waals surface area contributed by atoms with Crippen LogP contribution in [0.4, 0.5) is 14.5 Å². The Morgan fingerprint density at radius 2 is 1.97 bits per heavy atom. The van der Waals surface area contributed by atoms with Gasteiger partial charge in [0.25, 0.3) is 5.56 Å². The zero-order chi connectivity index (χ0) is 21.3. The van der Waals surface area contributed by atoms with Crippen LogP contribution in [0.15, 0.2) is 64.7 Å². The predicted octanol–water partition coefficient (Wildman–Crippen LogP) is 3.51. The van der Waals surface area contributed by atoms with Crippen LogP contribution in [-0.2, 0) is 4.79 Å². The molecule has 2 N–H and O–H groups in total. The molecule has 0 saturated heterocycles. The molecule has 10 heteroatoms. The van der Waals surface area contributed by atoms with Gasteiger partial charge in [0.05, 0.1) is 22.8 Å². The van der Waals surface area contributed by atoms with E-state index in [1.165, 1.54) is 10.9 Å². The molecule has 0 radical (unpaired) electrons. The number of fused-ring (bicyclic) bond motifs is 1. The molecule has 2 aromatic heterocycles. The second-order valence-corrected chi connectivity index (χ2v) is 7.70. The summed E-state index contributed by atoms with van der Waals surface area (Å²) in [5.41, 5.74) is 0.421. The fourth-order valence-electron chi connectivity index (χ4n) is 2.76. The molecule has 4 rings (SSSR count). The lowest BCUT2D eigenvalue weighted by Gasteiger charge is -2.12. The fraction of sp³-hybridized carbons (Fsp3) is 0.100. The van der Waals surface area contributed by atoms with E-state index in [2.05, 4.69) is 20.4 Å². The maximum atomic E-state index is 13.8. The normalized spacial score (nSPS) is 12.1. The van der Waals surface area contributed by atoms with Crippen LogP contribution < -0.4 is 10.9 Å². The third kappa shape index (κ3) is 3.94. The number of hydrogen-bond donors (Lipinski definition) is 2. The summed E-state index contributed by atoms with van der Waals surface area (Å²) in [6.07, 6.45) is 1.42. The van der Waals surface area contributed by atoms with Gasteiger partial charge in [-0.15, -0.1) is 0 Å². The Kier molecular flexibility index (Phi) is 5.32. The van der Waals surface area contributed by atoms with Gasteiger partial charge in [-0.3, -0.25) is 9.59 Å². The predicted molar refractivity (Wildman–Crippen MR) is 110 cm³/mol. The van der Waals surface area contributed by atoms with Crippen molar-refractivity contribution in [1.82, 2.24) is 19.7 Å². The van der Waals surface area contributed by atoms with Crippen molar-refractivity contribution < 1.29 is 13.6 Å². The molecular weight excluding hydrogens is 412 g/mol. The van der Waals surface area contributed by atoms with Gasteiger partial charge in [-0.1, -0.05) is 30.0 Å². The van der Waals surface area contributed by atoms with Crippen LogP contribution in [0.3, 0.4) is 0 Å². The van der Waals surface area contributed by atoms with E-state index in [4.69, 9.17) is 0 Å². The van der Waals surface area contributed by atoms with Crippen molar-refractivity contribution in [3.8, 4) is 5.69 Å². The lowest BCUT2D eigenvalue weighted by atomic mass is 10.3. The van der Waals surface area contributed by atoms with Crippen molar-refractivity contribution in [3.63, 3.8) is 0 Å². The molecule has 0 spiro atoms. The van der Waals surface area contributed by atoms with E-state index in [1.807, 2.05) is 30.3 Å². The highest BCUT2D eigenvalue weighted by atomic mass is 32.2. The molecule has 0 fully saturated rings. The molecule has 152 valence electrons. The largest absolute Gasteiger partial charge is 0.323 e. The number of benzene rings is 2. The highest BCUT2D eigenvalue weighted by molar-refractivity contribution is 8.00. The number of rotatable bonds is 5. The lowest BCUT2D eigenvalue weighted by molar-refractivity contribution is -0.115. The van der Waals surface area contributed by atoms with Crippen molar-refractivity contribution >= 4 is 34.4 Å². The van der Waals surface area contributed by atoms with Gasteiger partial charge < -0.3 is 10.3 Å². The Labute approximate surface area is 173 Å². The van der Waals surface area contributed by atoms with E-state index in [0.717, 1.165) is 35.6 Å². The average Bonchev–Trinajstić information content (AvgIpc) is 3.16. The molecule has 0 aliphatic carbocycles. The number of carbonyl (C=O) groups excluding carboxylic acids is 1. The number of carbonyl (C=O) groups is 1. The molecule has 0 bridgehead atoms. The summed E-state index contributed by atoms with van der Waals surface area (Å²) in [5, 5.41) is 6.33. The van der Waals surface area contributed by atoms with Crippen LogP contribution in [0.5, 0.6) is 0 Å². The van der Waals surface area contributed by atoms with Crippen LogP contribution in [-0.4, -0.2) is 30.9 Å². The summed E-state index contributed by atoms with van der Waals surface area (Å²) >= 11 is 0.981. The number of nitrogens with zero attached hydrogens (tertiary/aromatic N) is 3. The number of amides is 1. The van der Waals surface area contributed by atoms with Gasteiger partial charge in [-0.05, 0) is 31.2 Å². The first-order chi connectivity index (χ1) is 14.4. The molecular formula is C20H15F2N5O2S. The Hall–Kier alpha value is -3.53. The summed E-state index contributed by atoms with van der Waals surface area (Å²) in [5.74, 6) is -1.98. The summed E-state index contributed by atoms with van der Waals surface area (Å²) in [4.78, 5) is 31.9. The van der Waals surface area contributed by atoms with Gasteiger partial charge >= 0.3 is 0 Å². The van der Waals surface area contributed by atoms with Crippen LogP contribution in [0.1, 0.15) is 6.92 Å². The number of anilines is 1. The second-order valence-electron chi connectivity index (χ2n) is 6.37. The number of hydrogen-bond acceptors (Lipinski definition) is 5. The molecule has 7 nitrogen and oxygen atoms in total. The SMILES string of the molecule is CC(Sc1nc2c(cnn2-c2ccccc2)c(=O)[nH]1)C(=O)Nc1cc(F)ccc1F. The molecule has 1 amide bonds. The summed E-state index contributed by atoms with van der Waals surface area (Å²) in [7, 11) is 0. The first kappa shape index (κ1) is 19.8. The minimum absolute atomic E-state index is 0.201. The molecule has 0 aliphatic rings. The zero-order valence-electron chi connectivity index (χ0n) is 15.6. The van der Waals surface area contributed by atoms with E-state index in [-0.39, 0.29) is 10.8 Å². The van der Waals surface area contributed by atoms with E-state index < -0.39 is 28.4 Å². The maximum Gasteiger partial charge on any atom is 0.262 e. The minimum atomic E-state index is -0.749. The highest BCUT2D eigenvalue weighted by Crippen LogP contribution is 2.23. The fourth-order valence-corrected chi connectivity index (χ4v) is 3.55. The number of aromatic nitrogens is 4. The molecule has 1 atom stereocenters. The van der Waals surface area contributed by atoms with Gasteiger partial charge in [0.1, 0.15) is 17.0 Å². The van der Waals surface area contributed by atoms with Crippen LogP contribution in [0, 0.1) is 11.6 Å². The highest BCUT2D eigenvalue weighted by Gasteiger charge is 2.19. The third-order valence-electron chi connectivity index (χ3n) is 4.26. The zero-order valence-corrected chi connectivity index (χ0v) is 16.4. The van der Waals surface area contributed by atoms with Gasteiger partial charge in [-0.25, -0.2) is 18.4 Å². The van der Waals surface area contributed by atoms with Crippen molar-refractivity contribution in [3.05, 3.63) is 76.7 Å². The lowest BCUT2D eigenvalue weighted by Crippen LogP contribution is -2.24. The number of para-hydroxylation sites is 1. The Morgan fingerprint density at radius 3 is 2.73 bits per heavy atom. The topological polar surface area (TPSA) is 92.7 Å². The number of aromatic amines is 1. The second kappa shape index (κ2) is 8.07. The number of H-pyrrole nitrogens is 1. The summed E-state index contributed by atoms with van der Waals surface area (Å²) in [6.45, 7) is 1.57. The van der Waals surface area contributed by atoms with Gasteiger partial charge in [0, 0.05) is 6.07 Å². The molecule has 2 heterocycles. The third-order valence-corrected chi connectivity index (χ3v) is 5.25. The molecule has 0 aliphatic heterocycles. The molecule has 4 aromatic rings. The Balaban J connectivity index is 1.59. The minimum Gasteiger partial charge on any atom is -0.323 e. The maximum absolute atomic E-state index is 13.8. The van der Waals surface area contributed by atoms with Crippen LogP contribution in [0.2, 0.25) is 0 Å². The monoisotopic (exact) mass is 427 g/mol. The first-order valence-corrected chi connectivity index (χ1v) is 9.76. The molecule has 1 unspecified atom stereocenters. The number of thioether (sulfide) groups is 1. The van der Waals surface area contributed by atoms with Crippen LogP contribution in [0.25, 0.3) is 16.7 Å². The van der Waals surface area contributed by atoms with Crippen molar-refractivity contribution in [2.24, 2.45) is 0 Å². The standard InChI is InChI=1S/C20H15F2N5O2S/c1-11(18(28)24-16-9-12(21)7-8-15(16)22)30-20-25-17-14(19(29)26-20)10-23-27(17)13-5-3-2-4-6-13/h2-11H,1H3,(H,24,28)(H,25,26,29).